The van der Waals surface area contributed by atoms with Gasteiger partial charge < -0.3 is 4.90 Å². The molecule has 0 spiro atoms. The van der Waals surface area contributed by atoms with Gasteiger partial charge in [-0.15, -0.1) is 0 Å². The third-order valence-corrected chi connectivity index (χ3v) is 4.23. The average Bonchev–Trinajstić information content (AvgIpc) is 2.53. The van der Waals surface area contributed by atoms with E-state index in [0.717, 1.165) is 17.7 Å². The molecule has 3 heteroatoms. The van der Waals surface area contributed by atoms with E-state index in [1.807, 2.05) is 53.4 Å². The summed E-state index contributed by atoms with van der Waals surface area (Å²) in [7, 11) is 0. The Morgan fingerprint density at radius 1 is 1.00 bits per heavy atom. The van der Waals surface area contributed by atoms with Crippen LogP contribution in [0.15, 0.2) is 60.7 Å². The molecule has 2 aromatic rings. The molecule has 116 valence electrons. The molecule has 2 aromatic carbocycles. The molecule has 2 nitrogen and oxygen atoms in total. The largest absolute Gasteiger partial charge is 0.307 e. The number of para-hydroxylation sites is 1. The molecule has 0 unspecified atom stereocenters. The van der Waals surface area contributed by atoms with E-state index in [2.05, 4.69) is 41.9 Å². The highest BCUT2D eigenvalue weighted by Crippen LogP contribution is 2.23. The summed E-state index contributed by atoms with van der Waals surface area (Å²) >= 11 is 3.56. The number of amides is 1. The fourth-order valence-electron chi connectivity index (χ4n) is 2.35. The first-order valence-corrected chi connectivity index (χ1v) is 8.54. The number of carbonyl (C=O) groups is 1. The summed E-state index contributed by atoms with van der Waals surface area (Å²) in [5.74, 6) is 0.589. The summed E-state index contributed by atoms with van der Waals surface area (Å²) in [6, 6.07) is 20.0. The summed E-state index contributed by atoms with van der Waals surface area (Å²) in [6.07, 6.45) is 0.830. The average molecular weight is 360 g/mol. The van der Waals surface area contributed by atoms with Crippen LogP contribution in [-0.4, -0.2) is 10.7 Å². The van der Waals surface area contributed by atoms with Crippen molar-refractivity contribution in [1.29, 1.82) is 0 Å². The molecule has 1 amide bonds. The molecule has 22 heavy (non-hydrogen) atoms. The SMILES string of the molecule is CC(C)C[C@@H](Br)C(=O)N(Cc1ccccc1)c1ccccc1. The molecule has 0 aromatic heterocycles. The Labute approximate surface area is 141 Å². The number of rotatable bonds is 6. The lowest BCUT2D eigenvalue weighted by molar-refractivity contribution is -0.118. The quantitative estimate of drug-likeness (QED) is 0.662. The van der Waals surface area contributed by atoms with Gasteiger partial charge in [0.2, 0.25) is 5.91 Å². The number of anilines is 1. The molecule has 0 saturated carbocycles. The van der Waals surface area contributed by atoms with Crippen LogP contribution in [0.3, 0.4) is 0 Å². The summed E-state index contributed by atoms with van der Waals surface area (Å²) in [4.78, 5) is 14.6. The van der Waals surface area contributed by atoms with E-state index >= 15 is 0 Å². The van der Waals surface area contributed by atoms with Crippen molar-refractivity contribution >= 4 is 27.5 Å². The fourth-order valence-corrected chi connectivity index (χ4v) is 3.35. The standard InChI is InChI=1S/C19H22BrNO/c1-15(2)13-18(20)19(22)21(17-11-7-4-8-12-17)14-16-9-5-3-6-10-16/h3-12,15,18H,13-14H2,1-2H3/t18-/m1/s1. The van der Waals surface area contributed by atoms with E-state index in [9.17, 15) is 4.79 Å². The minimum atomic E-state index is -0.156. The Hall–Kier alpha value is -1.61. The third kappa shape index (κ3) is 4.70. The minimum absolute atomic E-state index is 0.115. The maximum Gasteiger partial charge on any atom is 0.241 e. The molecule has 0 N–H and O–H groups in total. The van der Waals surface area contributed by atoms with E-state index in [1.54, 1.807) is 0 Å². The molecule has 0 aliphatic carbocycles. The lowest BCUT2D eigenvalue weighted by Crippen LogP contribution is -2.36. The van der Waals surface area contributed by atoms with Crippen molar-refractivity contribution in [3.63, 3.8) is 0 Å². The van der Waals surface area contributed by atoms with Gasteiger partial charge in [-0.2, -0.15) is 0 Å². The molecule has 0 aliphatic heterocycles. The topological polar surface area (TPSA) is 20.3 Å². The van der Waals surface area contributed by atoms with Crippen LogP contribution in [0.1, 0.15) is 25.8 Å². The highest BCUT2D eigenvalue weighted by molar-refractivity contribution is 9.10. The van der Waals surface area contributed by atoms with E-state index in [-0.39, 0.29) is 10.7 Å². The third-order valence-electron chi connectivity index (χ3n) is 3.46. The molecule has 2 rings (SSSR count). The van der Waals surface area contributed by atoms with Gasteiger partial charge in [0.1, 0.15) is 0 Å². The van der Waals surface area contributed by atoms with Crippen molar-refractivity contribution < 1.29 is 4.79 Å². The van der Waals surface area contributed by atoms with Crippen LogP contribution >= 0.6 is 15.9 Å². The Bertz CT molecular complexity index is 583. The van der Waals surface area contributed by atoms with Crippen LogP contribution < -0.4 is 4.90 Å². The fraction of sp³-hybridized carbons (Fsp3) is 0.316. The van der Waals surface area contributed by atoms with Crippen LogP contribution in [0, 0.1) is 5.92 Å². The monoisotopic (exact) mass is 359 g/mol. The highest BCUT2D eigenvalue weighted by Gasteiger charge is 2.24. The van der Waals surface area contributed by atoms with Gasteiger partial charge in [0, 0.05) is 5.69 Å². The number of hydrogen-bond acceptors (Lipinski definition) is 1. The van der Waals surface area contributed by atoms with Crippen molar-refractivity contribution in [2.75, 3.05) is 4.90 Å². The molecular formula is C19H22BrNO. The second kappa shape index (κ2) is 8.14. The first-order chi connectivity index (χ1) is 10.6. The first kappa shape index (κ1) is 16.8. The van der Waals surface area contributed by atoms with Crippen LogP contribution in [0.5, 0.6) is 0 Å². The second-order valence-electron chi connectivity index (χ2n) is 5.84. The van der Waals surface area contributed by atoms with Gasteiger partial charge in [-0.3, -0.25) is 4.79 Å². The van der Waals surface area contributed by atoms with Gasteiger partial charge in [0.15, 0.2) is 0 Å². The van der Waals surface area contributed by atoms with E-state index in [0.29, 0.717) is 12.5 Å². The second-order valence-corrected chi connectivity index (χ2v) is 6.95. The molecular weight excluding hydrogens is 338 g/mol. The lowest BCUT2D eigenvalue weighted by Gasteiger charge is -2.26. The van der Waals surface area contributed by atoms with Gasteiger partial charge in [0.05, 0.1) is 11.4 Å². The Morgan fingerprint density at radius 2 is 1.55 bits per heavy atom. The Kier molecular flexibility index (Phi) is 6.20. The maximum absolute atomic E-state index is 12.9. The molecule has 0 saturated heterocycles. The van der Waals surface area contributed by atoms with Crippen molar-refractivity contribution in [1.82, 2.24) is 0 Å². The zero-order chi connectivity index (χ0) is 15.9. The summed E-state index contributed by atoms with van der Waals surface area (Å²) in [5, 5.41) is 0. The lowest BCUT2D eigenvalue weighted by atomic mass is 10.1. The van der Waals surface area contributed by atoms with Gasteiger partial charge in [-0.05, 0) is 30.0 Å². The van der Waals surface area contributed by atoms with Crippen LogP contribution in [-0.2, 0) is 11.3 Å². The Balaban J connectivity index is 2.24. The minimum Gasteiger partial charge on any atom is -0.307 e. The van der Waals surface area contributed by atoms with Crippen molar-refractivity contribution in [3.8, 4) is 0 Å². The van der Waals surface area contributed by atoms with E-state index < -0.39 is 0 Å². The predicted molar refractivity (Wildman–Crippen MR) is 96.2 cm³/mol. The van der Waals surface area contributed by atoms with Gasteiger partial charge >= 0.3 is 0 Å². The highest BCUT2D eigenvalue weighted by atomic mass is 79.9. The van der Waals surface area contributed by atoms with Crippen molar-refractivity contribution in [2.24, 2.45) is 5.92 Å². The number of hydrogen-bond donors (Lipinski definition) is 0. The molecule has 0 aliphatic rings. The molecule has 0 fully saturated rings. The molecule has 1 atom stereocenters. The Morgan fingerprint density at radius 3 is 2.09 bits per heavy atom. The summed E-state index contributed by atoms with van der Waals surface area (Å²) < 4.78 is 0. The predicted octanol–water partition coefficient (Wildman–Crippen LogP) is 5.03. The van der Waals surface area contributed by atoms with Gasteiger partial charge in [0.25, 0.3) is 0 Å². The number of carbonyl (C=O) groups excluding carboxylic acids is 1. The van der Waals surface area contributed by atoms with Gasteiger partial charge in [-0.1, -0.05) is 78.3 Å². The normalized spacial score (nSPS) is 12.2. The zero-order valence-electron chi connectivity index (χ0n) is 13.1. The number of benzene rings is 2. The van der Waals surface area contributed by atoms with Crippen LogP contribution in [0.4, 0.5) is 5.69 Å². The van der Waals surface area contributed by atoms with Crippen molar-refractivity contribution in [2.45, 2.75) is 31.6 Å². The van der Waals surface area contributed by atoms with E-state index in [4.69, 9.17) is 0 Å². The summed E-state index contributed by atoms with van der Waals surface area (Å²) in [6.45, 7) is 4.85. The van der Waals surface area contributed by atoms with E-state index in [1.165, 1.54) is 0 Å². The molecule has 0 radical (unpaired) electrons. The van der Waals surface area contributed by atoms with Gasteiger partial charge in [-0.25, -0.2) is 0 Å². The molecule has 0 bridgehead atoms. The van der Waals surface area contributed by atoms with Crippen LogP contribution in [0.25, 0.3) is 0 Å². The number of alkyl halides is 1. The summed E-state index contributed by atoms with van der Waals surface area (Å²) in [5.41, 5.74) is 2.06. The number of nitrogens with zero attached hydrogens (tertiary/aromatic N) is 1. The first-order valence-electron chi connectivity index (χ1n) is 7.62. The van der Waals surface area contributed by atoms with Crippen LogP contribution in [0.2, 0.25) is 0 Å². The zero-order valence-corrected chi connectivity index (χ0v) is 14.7. The van der Waals surface area contributed by atoms with Crippen molar-refractivity contribution in [3.05, 3.63) is 66.2 Å². The number of halogens is 1. The molecule has 0 heterocycles. The maximum atomic E-state index is 12.9. The smallest absolute Gasteiger partial charge is 0.241 e.